The van der Waals surface area contributed by atoms with Crippen LogP contribution in [-0.4, -0.2) is 102 Å². The summed E-state index contributed by atoms with van der Waals surface area (Å²) in [7, 11) is -2.53. The number of benzene rings is 1. The van der Waals surface area contributed by atoms with E-state index in [4.69, 9.17) is 24.2 Å². The molecule has 17 heteroatoms. The zero-order chi connectivity index (χ0) is 44.1. The number of hydrogen-bond donors (Lipinski definition) is 3. The molecule has 0 radical (unpaired) electrons. The Labute approximate surface area is 358 Å². The standard InChI is InChI=1S/C44H63FN6O9S/c1-8-29-33-25-51(34(29)36(52)49-44(24-27(44)18-22-45)39(54)50-61(56,57)42(5)20-21-42)38(53)35(41(2,3)4)48-40(55)60-43(6)19-12-14-26(43)13-10-9-11-15-31-37(59-33)47-32-23-28(58-7)16-17-30(32)46-31/h16-17,23,26-27,29,33-35H,8-15,18-22,24-25H2,1-7H3,(H,48,55)(H,49,52)(H,50,54). The minimum Gasteiger partial charge on any atom is -0.497 e. The van der Waals surface area contributed by atoms with Gasteiger partial charge in [0.05, 0.1) is 36.1 Å². The zero-order valence-electron chi connectivity index (χ0n) is 36.6. The van der Waals surface area contributed by atoms with Crippen LogP contribution in [0.3, 0.4) is 0 Å². The van der Waals surface area contributed by atoms with Crippen molar-refractivity contribution in [2.75, 3.05) is 20.3 Å². The Morgan fingerprint density at radius 1 is 1.05 bits per heavy atom. The maximum atomic E-state index is 15.1. The minimum atomic E-state index is -4.09. The summed E-state index contributed by atoms with van der Waals surface area (Å²) in [6, 6.07) is 3.04. The summed E-state index contributed by atoms with van der Waals surface area (Å²) in [4.78, 5) is 69.2. The first-order valence-corrected chi connectivity index (χ1v) is 23.5. The van der Waals surface area contributed by atoms with Gasteiger partial charge < -0.3 is 29.7 Å². The molecular weight excluding hydrogens is 808 g/mol. The third-order valence-electron chi connectivity index (χ3n) is 14.2. The summed E-state index contributed by atoms with van der Waals surface area (Å²) in [5, 5.41) is 5.73. The third-order valence-corrected chi connectivity index (χ3v) is 16.3. The van der Waals surface area contributed by atoms with Crippen molar-refractivity contribution in [1.29, 1.82) is 0 Å². The average molecular weight is 871 g/mol. The van der Waals surface area contributed by atoms with Crippen LogP contribution in [0, 0.1) is 23.2 Å². The van der Waals surface area contributed by atoms with Crippen molar-refractivity contribution in [3.63, 3.8) is 0 Å². The second-order valence-electron chi connectivity index (χ2n) is 19.6. The van der Waals surface area contributed by atoms with Gasteiger partial charge in [0.15, 0.2) is 0 Å². The van der Waals surface area contributed by atoms with Gasteiger partial charge in [-0.3, -0.25) is 23.5 Å². The van der Waals surface area contributed by atoms with Crippen LogP contribution < -0.4 is 24.8 Å². The number of nitrogens with one attached hydrogen (secondary N) is 3. The smallest absolute Gasteiger partial charge is 0.408 e. The van der Waals surface area contributed by atoms with Gasteiger partial charge in [-0.2, -0.15) is 0 Å². The summed E-state index contributed by atoms with van der Waals surface area (Å²) in [5.74, 6) is -2.53. The number of hydrogen-bond acceptors (Lipinski definition) is 11. The number of fused-ring (bicyclic) bond motifs is 5. The first-order valence-electron chi connectivity index (χ1n) is 22.0. The maximum absolute atomic E-state index is 15.1. The summed E-state index contributed by atoms with van der Waals surface area (Å²) >= 11 is 0. The van der Waals surface area contributed by atoms with Gasteiger partial charge in [0.1, 0.15) is 40.8 Å². The van der Waals surface area contributed by atoms with Crippen LogP contribution in [0.1, 0.15) is 124 Å². The quantitative estimate of drug-likeness (QED) is 0.281. The molecular formula is C44H63FN6O9S. The molecule has 0 spiro atoms. The molecule has 3 N–H and O–H groups in total. The van der Waals surface area contributed by atoms with Crippen LogP contribution in [0.4, 0.5) is 9.18 Å². The average Bonchev–Trinajstić information content (AvgIpc) is 4.04. The molecule has 8 unspecified atom stereocenters. The highest BCUT2D eigenvalue weighted by Crippen LogP contribution is 2.49. The maximum Gasteiger partial charge on any atom is 0.408 e. The molecule has 5 aliphatic rings. The molecule has 2 bridgehead atoms. The Morgan fingerprint density at radius 2 is 1.79 bits per heavy atom. The molecule has 2 aromatic rings. The number of halogens is 1. The van der Waals surface area contributed by atoms with Crippen molar-refractivity contribution in [2.45, 2.75) is 159 Å². The van der Waals surface area contributed by atoms with Crippen LogP contribution in [0.25, 0.3) is 11.0 Å². The third kappa shape index (κ3) is 8.86. The Balaban J connectivity index is 1.28. The largest absolute Gasteiger partial charge is 0.497 e. The number of sulfonamides is 1. The van der Waals surface area contributed by atoms with Gasteiger partial charge in [0.2, 0.25) is 27.7 Å². The van der Waals surface area contributed by atoms with Gasteiger partial charge in [-0.1, -0.05) is 40.5 Å². The van der Waals surface area contributed by atoms with Gasteiger partial charge in [-0.15, -0.1) is 0 Å². The van der Waals surface area contributed by atoms with Gasteiger partial charge in [0, 0.05) is 12.0 Å². The molecule has 61 heavy (non-hydrogen) atoms. The van der Waals surface area contributed by atoms with E-state index in [9.17, 15) is 27.2 Å². The first kappa shape index (κ1) is 44.8. The van der Waals surface area contributed by atoms with Gasteiger partial charge in [-0.05, 0) is 114 Å². The van der Waals surface area contributed by atoms with Crippen LogP contribution in [0.2, 0.25) is 0 Å². The van der Waals surface area contributed by atoms with Crippen molar-refractivity contribution in [3.05, 3.63) is 23.9 Å². The highest BCUT2D eigenvalue weighted by atomic mass is 32.2. The zero-order valence-corrected chi connectivity index (χ0v) is 37.4. The SMILES string of the molecule is CCC1C2CN(C(=O)C(C(C)(C)C)NC(=O)OC3(C)CCCC3CCCCCc3nc4ccc(OC)cc4nc3O2)C1C(=O)NC1(C(=O)NS(=O)(=O)C2(C)CC2)CC1CCF. The Kier molecular flexibility index (Phi) is 12.3. The van der Waals surface area contributed by atoms with Gasteiger partial charge in [0.25, 0.3) is 5.91 Å². The fourth-order valence-electron chi connectivity index (χ4n) is 9.83. The fourth-order valence-corrected chi connectivity index (χ4v) is 11.1. The van der Waals surface area contributed by atoms with Crippen molar-refractivity contribution in [2.24, 2.45) is 23.2 Å². The molecule has 1 aromatic carbocycles. The fraction of sp³-hybridized carbons (Fsp3) is 0.727. The number of alkyl carbamates (subject to hydrolysis) is 1. The van der Waals surface area contributed by atoms with E-state index in [0.29, 0.717) is 54.6 Å². The number of rotatable bonds is 9. The first-order chi connectivity index (χ1) is 28.8. The number of aryl methyl sites for hydroxylation is 1. The number of ether oxygens (including phenoxy) is 3. The summed E-state index contributed by atoms with van der Waals surface area (Å²) in [6.45, 7) is 9.96. The normalized spacial score (nSPS) is 31.6. The Morgan fingerprint density at radius 3 is 2.46 bits per heavy atom. The number of aromatic nitrogens is 2. The molecule has 1 aromatic heterocycles. The van der Waals surface area contributed by atoms with Crippen LogP contribution in [0.5, 0.6) is 11.6 Å². The lowest BCUT2D eigenvalue weighted by molar-refractivity contribution is -0.144. The number of nitrogens with zero attached hydrogens (tertiary/aromatic N) is 3. The van der Waals surface area contributed by atoms with Crippen molar-refractivity contribution < 1.29 is 46.2 Å². The number of carbonyl (C=O) groups is 4. The molecule has 3 aliphatic carbocycles. The van der Waals surface area contributed by atoms with Crippen LogP contribution in [0.15, 0.2) is 18.2 Å². The lowest BCUT2D eigenvalue weighted by Gasteiger charge is -2.37. The second kappa shape index (κ2) is 16.8. The van der Waals surface area contributed by atoms with Gasteiger partial charge in [-0.25, -0.2) is 23.2 Å². The summed E-state index contributed by atoms with van der Waals surface area (Å²) in [6.07, 6.45) is 6.12. The summed E-state index contributed by atoms with van der Waals surface area (Å²) in [5.41, 5.74) is -1.45. The topological polar surface area (TPSA) is 195 Å². The molecule has 15 nitrogen and oxygen atoms in total. The number of alkyl halides is 1. The van der Waals surface area contributed by atoms with E-state index >= 15 is 4.79 Å². The molecule has 3 heterocycles. The second-order valence-corrected chi connectivity index (χ2v) is 21.7. The number of carbonyl (C=O) groups excluding carboxylic acids is 4. The Bertz CT molecular complexity index is 2150. The predicted octanol–water partition coefficient (Wildman–Crippen LogP) is 5.67. The monoisotopic (exact) mass is 870 g/mol. The highest BCUT2D eigenvalue weighted by Gasteiger charge is 2.64. The number of methoxy groups -OCH3 is 1. The predicted molar refractivity (Wildman–Crippen MR) is 225 cm³/mol. The summed E-state index contributed by atoms with van der Waals surface area (Å²) < 4.78 is 59.9. The molecule has 2 aliphatic heterocycles. The van der Waals surface area contributed by atoms with E-state index in [1.807, 2.05) is 46.8 Å². The van der Waals surface area contributed by atoms with Crippen LogP contribution in [-0.2, 0) is 35.6 Å². The minimum absolute atomic E-state index is 0.0232. The van der Waals surface area contributed by atoms with E-state index in [0.717, 1.165) is 38.5 Å². The lowest BCUT2D eigenvalue weighted by Crippen LogP contribution is -2.61. The van der Waals surface area contributed by atoms with Crippen molar-refractivity contribution in [3.8, 4) is 11.6 Å². The molecule has 1 saturated heterocycles. The molecule has 4 fully saturated rings. The molecule has 7 rings (SSSR count). The molecule has 336 valence electrons. The number of amides is 4. The van der Waals surface area contributed by atoms with E-state index in [1.54, 1.807) is 20.1 Å². The van der Waals surface area contributed by atoms with E-state index in [1.165, 1.54) is 4.90 Å². The van der Waals surface area contributed by atoms with Gasteiger partial charge >= 0.3 is 6.09 Å². The van der Waals surface area contributed by atoms with E-state index in [2.05, 4.69) is 15.4 Å². The Hall–Kier alpha value is -4.28. The van der Waals surface area contributed by atoms with E-state index < -0.39 is 91.8 Å². The molecule has 4 amide bonds. The highest BCUT2D eigenvalue weighted by molar-refractivity contribution is 7.91. The molecule has 8 atom stereocenters. The molecule has 3 saturated carbocycles. The lowest BCUT2D eigenvalue weighted by atomic mass is 9.85. The van der Waals surface area contributed by atoms with Crippen molar-refractivity contribution in [1.82, 2.24) is 30.2 Å². The van der Waals surface area contributed by atoms with Crippen molar-refractivity contribution >= 4 is 44.9 Å². The van der Waals surface area contributed by atoms with Crippen LogP contribution >= 0.6 is 0 Å². The van der Waals surface area contributed by atoms with E-state index in [-0.39, 0.29) is 31.2 Å².